The van der Waals surface area contributed by atoms with Crippen molar-refractivity contribution in [2.24, 2.45) is 5.92 Å². The zero-order valence-electron chi connectivity index (χ0n) is 12.8. The molecule has 1 N–H and O–H groups in total. The maximum Gasteiger partial charge on any atom is 0.391 e. The Balaban J connectivity index is 2.04. The molecule has 0 aromatic heterocycles. The van der Waals surface area contributed by atoms with Gasteiger partial charge in [-0.1, -0.05) is 13.3 Å². The van der Waals surface area contributed by atoms with Gasteiger partial charge in [0, 0.05) is 6.04 Å². The van der Waals surface area contributed by atoms with E-state index in [2.05, 4.69) is 24.1 Å². The molecule has 0 aromatic carbocycles. The summed E-state index contributed by atoms with van der Waals surface area (Å²) < 4.78 is 37.6. The van der Waals surface area contributed by atoms with Crippen LogP contribution in [0.1, 0.15) is 52.4 Å². The molecule has 0 aromatic rings. The Morgan fingerprint density at radius 1 is 1.20 bits per heavy atom. The third kappa shape index (κ3) is 6.93. The van der Waals surface area contributed by atoms with Crippen molar-refractivity contribution in [3.8, 4) is 0 Å². The molecule has 1 rings (SSSR count). The van der Waals surface area contributed by atoms with Crippen LogP contribution < -0.4 is 5.32 Å². The minimum Gasteiger partial charge on any atom is -0.314 e. The molecule has 0 saturated carbocycles. The van der Waals surface area contributed by atoms with Gasteiger partial charge in [-0.2, -0.15) is 13.2 Å². The van der Waals surface area contributed by atoms with E-state index in [-0.39, 0.29) is 12.8 Å². The van der Waals surface area contributed by atoms with Crippen molar-refractivity contribution in [2.45, 2.75) is 64.6 Å². The lowest BCUT2D eigenvalue weighted by Crippen LogP contribution is -2.39. The second-order valence-corrected chi connectivity index (χ2v) is 6.01. The van der Waals surface area contributed by atoms with Crippen LogP contribution in [-0.4, -0.2) is 43.3 Å². The molecule has 1 fully saturated rings. The van der Waals surface area contributed by atoms with Crippen molar-refractivity contribution in [2.75, 3.05) is 26.2 Å². The highest BCUT2D eigenvalue weighted by atomic mass is 19.4. The summed E-state index contributed by atoms with van der Waals surface area (Å²) >= 11 is 0. The third-order valence-corrected chi connectivity index (χ3v) is 4.15. The number of likely N-dealkylation sites (tertiary alicyclic amines) is 1. The minimum absolute atomic E-state index is 0.276. The third-order valence-electron chi connectivity index (χ3n) is 4.15. The van der Waals surface area contributed by atoms with Gasteiger partial charge in [-0.15, -0.1) is 0 Å². The molecule has 1 aliphatic rings. The van der Waals surface area contributed by atoms with Crippen LogP contribution in [-0.2, 0) is 0 Å². The fourth-order valence-electron chi connectivity index (χ4n) is 2.76. The summed E-state index contributed by atoms with van der Waals surface area (Å²) in [7, 11) is 0. The topological polar surface area (TPSA) is 15.3 Å². The monoisotopic (exact) mass is 294 g/mol. The lowest BCUT2D eigenvalue weighted by atomic mass is 9.96. The van der Waals surface area contributed by atoms with E-state index < -0.39 is 12.1 Å². The Bertz CT molecular complexity index is 248. The Hall–Kier alpha value is -0.290. The zero-order chi connectivity index (χ0) is 15.0. The number of nitrogens with zero attached hydrogens (tertiary/aromatic N) is 1. The lowest BCUT2D eigenvalue weighted by molar-refractivity contribution is -0.185. The summed E-state index contributed by atoms with van der Waals surface area (Å²) in [5, 5.41) is 3.45. The number of hydrogen-bond acceptors (Lipinski definition) is 2. The zero-order valence-corrected chi connectivity index (χ0v) is 12.8. The summed E-state index contributed by atoms with van der Waals surface area (Å²) in [6, 6.07) is 0.547. The van der Waals surface area contributed by atoms with Crippen molar-refractivity contribution in [3.05, 3.63) is 0 Å². The molecule has 1 aliphatic heterocycles. The van der Waals surface area contributed by atoms with Crippen LogP contribution in [0.3, 0.4) is 0 Å². The van der Waals surface area contributed by atoms with Gasteiger partial charge in [0.1, 0.15) is 0 Å². The van der Waals surface area contributed by atoms with Crippen molar-refractivity contribution in [1.82, 2.24) is 10.2 Å². The van der Waals surface area contributed by atoms with Crippen LogP contribution in [0.5, 0.6) is 0 Å². The Morgan fingerprint density at radius 3 is 2.40 bits per heavy atom. The van der Waals surface area contributed by atoms with E-state index in [1.807, 2.05) is 0 Å². The maximum atomic E-state index is 12.5. The minimum atomic E-state index is -3.99. The lowest BCUT2D eigenvalue weighted by Gasteiger charge is -2.32. The van der Waals surface area contributed by atoms with Gasteiger partial charge < -0.3 is 10.2 Å². The van der Waals surface area contributed by atoms with Gasteiger partial charge in [0.15, 0.2) is 0 Å². The summed E-state index contributed by atoms with van der Waals surface area (Å²) in [4.78, 5) is 2.19. The number of piperidine rings is 1. The first-order valence-corrected chi connectivity index (χ1v) is 7.96. The van der Waals surface area contributed by atoms with E-state index in [1.165, 1.54) is 0 Å². The molecular weight excluding hydrogens is 265 g/mol. The van der Waals surface area contributed by atoms with Crippen molar-refractivity contribution in [1.29, 1.82) is 0 Å². The SMILES string of the molecule is CCCNC(C)CCCCN1CCC(C(F)(F)F)CC1. The molecule has 0 aliphatic carbocycles. The van der Waals surface area contributed by atoms with Gasteiger partial charge in [-0.05, 0) is 65.2 Å². The average Bonchev–Trinajstić information content (AvgIpc) is 2.41. The number of unbranched alkanes of at least 4 members (excludes halogenated alkanes) is 1. The number of hydrogen-bond donors (Lipinski definition) is 1. The molecule has 1 atom stereocenters. The molecule has 1 unspecified atom stereocenters. The van der Waals surface area contributed by atoms with Crippen LogP contribution in [0.2, 0.25) is 0 Å². The molecule has 2 nitrogen and oxygen atoms in total. The van der Waals surface area contributed by atoms with Crippen LogP contribution in [0.4, 0.5) is 13.2 Å². The fraction of sp³-hybridized carbons (Fsp3) is 1.00. The van der Waals surface area contributed by atoms with E-state index >= 15 is 0 Å². The molecule has 0 bridgehead atoms. The first-order chi connectivity index (χ1) is 9.43. The Morgan fingerprint density at radius 2 is 1.85 bits per heavy atom. The predicted molar refractivity (Wildman–Crippen MR) is 76.8 cm³/mol. The highest BCUT2D eigenvalue weighted by molar-refractivity contribution is 4.77. The van der Waals surface area contributed by atoms with Gasteiger partial charge in [0.25, 0.3) is 0 Å². The Labute approximate surface area is 121 Å². The summed E-state index contributed by atoms with van der Waals surface area (Å²) in [5.74, 6) is -1.07. The molecule has 1 heterocycles. The summed E-state index contributed by atoms with van der Waals surface area (Å²) in [5.41, 5.74) is 0. The van der Waals surface area contributed by atoms with Crippen LogP contribution in [0.15, 0.2) is 0 Å². The van der Waals surface area contributed by atoms with Crippen LogP contribution in [0.25, 0.3) is 0 Å². The first-order valence-electron chi connectivity index (χ1n) is 7.96. The number of rotatable bonds is 8. The molecule has 20 heavy (non-hydrogen) atoms. The standard InChI is InChI=1S/C15H29F3N2/c1-3-9-19-13(2)6-4-5-10-20-11-7-14(8-12-20)15(16,17)18/h13-14,19H,3-12H2,1-2H3. The number of alkyl halides is 3. The van der Waals surface area contributed by atoms with Gasteiger partial charge in [-0.25, -0.2) is 0 Å². The molecule has 0 spiro atoms. The van der Waals surface area contributed by atoms with Gasteiger partial charge in [-0.3, -0.25) is 0 Å². The highest BCUT2D eigenvalue weighted by Gasteiger charge is 2.40. The van der Waals surface area contributed by atoms with E-state index in [1.54, 1.807) is 0 Å². The molecule has 0 radical (unpaired) electrons. The molecule has 1 saturated heterocycles. The van der Waals surface area contributed by atoms with E-state index in [4.69, 9.17) is 0 Å². The number of nitrogens with one attached hydrogen (secondary N) is 1. The summed E-state index contributed by atoms with van der Waals surface area (Å²) in [6.07, 6.45) is 1.10. The predicted octanol–water partition coefficient (Wildman–Crippen LogP) is 3.82. The van der Waals surface area contributed by atoms with E-state index in [0.717, 1.165) is 38.8 Å². The molecule has 0 amide bonds. The molecular formula is C15H29F3N2. The van der Waals surface area contributed by atoms with Gasteiger partial charge >= 0.3 is 6.18 Å². The maximum absolute atomic E-state index is 12.5. The average molecular weight is 294 g/mol. The first kappa shape index (κ1) is 17.8. The van der Waals surface area contributed by atoms with E-state index in [9.17, 15) is 13.2 Å². The van der Waals surface area contributed by atoms with Gasteiger partial charge in [0.05, 0.1) is 5.92 Å². The smallest absolute Gasteiger partial charge is 0.314 e. The van der Waals surface area contributed by atoms with E-state index in [0.29, 0.717) is 19.1 Å². The van der Waals surface area contributed by atoms with Crippen LogP contribution >= 0.6 is 0 Å². The van der Waals surface area contributed by atoms with Crippen molar-refractivity contribution in [3.63, 3.8) is 0 Å². The van der Waals surface area contributed by atoms with Crippen LogP contribution in [0, 0.1) is 5.92 Å². The summed E-state index contributed by atoms with van der Waals surface area (Å²) in [6.45, 7) is 7.58. The Kier molecular flexibility index (Phi) is 7.88. The molecule has 120 valence electrons. The number of halogens is 3. The van der Waals surface area contributed by atoms with Gasteiger partial charge in [0.2, 0.25) is 0 Å². The molecule has 5 heteroatoms. The second-order valence-electron chi connectivity index (χ2n) is 6.01. The normalized spacial score (nSPS) is 20.2. The van der Waals surface area contributed by atoms with Crippen molar-refractivity contribution >= 4 is 0 Å². The second kappa shape index (κ2) is 8.88. The van der Waals surface area contributed by atoms with Crippen molar-refractivity contribution < 1.29 is 13.2 Å². The fourth-order valence-corrected chi connectivity index (χ4v) is 2.76. The highest BCUT2D eigenvalue weighted by Crippen LogP contribution is 2.34. The largest absolute Gasteiger partial charge is 0.391 e. The quantitative estimate of drug-likeness (QED) is 0.685.